The van der Waals surface area contributed by atoms with Crippen LogP contribution in [0.3, 0.4) is 0 Å². The van der Waals surface area contributed by atoms with Crippen molar-refractivity contribution in [3.63, 3.8) is 0 Å². The van der Waals surface area contributed by atoms with Crippen LogP contribution < -0.4 is 4.74 Å². The summed E-state index contributed by atoms with van der Waals surface area (Å²) in [6.45, 7) is 4.57. The average Bonchev–Trinajstić information content (AvgIpc) is 2.76. The molecule has 0 aliphatic heterocycles. The zero-order valence-electron chi connectivity index (χ0n) is 10.7. The zero-order chi connectivity index (χ0) is 13.0. The maximum absolute atomic E-state index is 13.3. The van der Waals surface area contributed by atoms with E-state index in [-0.39, 0.29) is 5.82 Å². The molecule has 0 radical (unpaired) electrons. The number of H-pyrrole nitrogens is 1. The normalized spacial score (nSPS) is 10.6. The van der Waals surface area contributed by atoms with Gasteiger partial charge in [-0.05, 0) is 25.5 Å². The first kappa shape index (κ1) is 12.6. The van der Waals surface area contributed by atoms with Crippen LogP contribution in [0.2, 0.25) is 0 Å². The number of hydrogen-bond acceptors (Lipinski definition) is 2. The molecule has 2 aromatic rings. The topological polar surface area (TPSA) is 37.9 Å². The number of imidazole rings is 1. The number of aromatic nitrogens is 2. The largest absolute Gasteiger partial charge is 0.493 e. The molecule has 0 saturated heterocycles. The highest BCUT2D eigenvalue weighted by molar-refractivity contribution is 5.66. The lowest BCUT2D eigenvalue weighted by atomic mass is 10.1. The molecule has 0 saturated carbocycles. The number of benzene rings is 1. The molecule has 0 fully saturated rings. The summed E-state index contributed by atoms with van der Waals surface area (Å²) in [5.74, 6) is 1.10. The second-order valence-corrected chi connectivity index (χ2v) is 4.22. The van der Waals surface area contributed by atoms with E-state index in [1.165, 1.54) is 12.1 Å². The van der Waals surface area contributed by atoms with E-state index in [2.05, 4.69) is 16.9 Å². The lowest BCUT2D eigenvalue weighted by molar-refractivity contribution is 0.309. The van der Waals surface area contributed by atoms with Crippen LogP contribution >= 0.6 is 0 Å². The fraction of sp³-hybridized carbons (Fsp3) is 0.357. The summed E-state index contributed by atoms with van der Waals surface area (Å²) in [5, 5.41) is 0. The first-order valence-electron chi connectivity index (χ1n) is 6.15. The summed E-state index contributed by atoms with van der Waals surface area (Å²) < 4.78 is 18.9. The van der Waals surface area contributed by atoms with Crippen LogP contribution in [-0.4, -0.2) is 16.6 Å². The maximum Gasteiger partial charge on any atom is 0.131 e. The molecule has 4 heteroatoms. The Hall–Kier alpha value is -1.84. The second kappa shape index (κ2) is 5.67. The molecule has 0 bridgehead atoms. The van der Waals surface area contributed by atoms with E-state index < -0.39 is 0 Å². The van der Waals surface area contributed by atoms with Crippen molar-refractivity contribution in [3.8, 4) is 17.0 Å². The summed E-state index contributed by atoms with van der Waals surface area (Å²) in [4.78, 5) is 7.28. The first-order chi connectivity index (χ1) is 8.70. The third-order valence-electron chi connectivity index (χ3n) is 2.69. The summed E-state index contributed by atoms with van der Waals surface area (Å²) in [6.07, 6.45) is 3.74. The molecular formula is C14H17FN2O. The Morgan fingerprint density at radius 3 is 2.89 bits per heavy atom. The highest BCUT2D eigenvalue weighted by Gasteiger charge is 2.09. The molecule has 3 nitrogen and oxygen atoms in total. The SMILES string of the molecule is CCCCOc1cc(F)ccc1-c1cnc(C)[nH]1. The van der Waals surface area contributed by atoms with E-state index in [4.69, 9.17) is 4.74 Å². The van der Waals surface area contributed by atoms with E-state index in [0.717, 1.165) is 29.9 Å². The molecule has 0 aliphatic carbocycles. The van der Waals surface area contributed by atoms with Crippen LogP contribution in [0.1, 0.15) is 25.6 Å². The van der Waals surface area contributed by atoms with E-state index in [9.17, 15) is 4.39 Å². The van der Waals surface area contributed by atoms with E-state index in [1.807, 2.05) is 6.92 Å². The summed E-state index contributed by atoms with van der Waals surface area (Å²) in [5.41, 5.74) is 1.69. The highest BCUT2D eigenvalue weighted by atomic mass is 19.1. The number of ether oxygens (including phenoxy) is 1. The monoisotopic (exact) mass is 248 g/mol. The van der Waals surface area contributed by atoms with Gasteiger partial charge in [0.25, 0.3) is 0 Å². The third kappa shape index (κ3) is 2.88. The van der Waals surface area contributed by atoms with Gasteiger partial charge in [-0.25, -0.2) is 9.37 Å². The fourth-order valence-corrected chi connectivity index (χ4v) is 1.72. The molecule has 0 spiro atoms. The number of hydrogen-bond donors (Lipinski definition) is 1. The predicted octanol–water partition coefficient (Wildman–Crippen LogP) is 3.70. The molecule has 1 aromatic heterocycles. The Balaban J connectivity index is 2.28. The highest BCUT2D eigenvalue weighted by Crippen LogP contribution is 2.29. The van der Waals surface area contributed by atoms with Crippen molar-refractivity contribution in [2.24, 2.45) is 0 Å². The Kier molecular flexibility index (Phi) is 3.97. The quantitative estimate of drug-likeness (QED) is 0.819. The lowest BCUT2D eigenvalue weighted by Crippen LogP contribution is -1.99. The third-order valence-corrected chi connectivity index (χ3v) is 2.69. The first-order valence-corrected chi connectivity index (χ1v) is 6.15. The van der Waals surface area contributed by atoms with E-state index in [0.29, 0.717) is 12.4 Å². The van der Waals surface area contributed by atoms with E-state index in [1.54, 1.807) is 12.3 Å². The number of unbranched alkanes of at least 4 members (excludes halogenated alkanes) is 1. The van der Waals surface area contributed by atoms with Gasteiger partial charge in [0.15, 0.2) is 0 Å². The summed E-state index contributed by atoms with van der Waals surface area (Å²) in [7, 11) is 0. The van der Waals surface area contributed by atoms with Crippen LogP contribution in [0, 0.1) is 12.7 Å². The number of aryl methyl sites for hydroxylation is 1. The molecule has 1 N–H and O–H groups in total. The number of aromatic amines is 1. The molecule has 0 aliphatic rings. The number of nitrogens with zero attached hydrogens (tertiary/aromatic N) is 1. The molecule has 0 atom stereocenters. The van der Waals surface area contributed by atoms with E-state index >= 15 is 0 Å². The molecule has 2 rings (SSSR count). The van der Waals surface area contributed by atoms with Crippen LogP contribution in [0.15, 0.2) is 24.4 Å². The molecule has 1 heterocycles. The van der Waals surface area contributed by atoms with Crippen LogP contribution in [-0.2, 0) is 0 Å². The number of nitrogens with one attached hydrogen (secondary N) is 1. The fourth-order valence-electron chi connectivity index (χ4n) is 1.72. The Morgan fingerprint density at radius 2 is 2.22 bits per heavy atom. The Bertz CT molecular complexity index is 522. The minimum absolute atomic E-state index is 0.290. The van der Waals surface area contributed by atoms with Gasteiger partial charge in [0.2, 0.25) is 0 Å². The van der Waals surface area contributed by atoms with Gasteiger partial charge >= 0.3 is 0 Å². The number of halogens is 1. The minimum Gasteiger partial charge on any atom is -0.493 e. The Labute approximate surface area is 106 Å². The molecule has 96 valence electrons. The average molecular weight is 248 g/mol. The molecule has 1 aromatic carbocycles. The van der Waals surface area contributed by atoms with Gasteiger partial charge in [0.05, 0.1) is 18.5 Å². The summed E-state index contributed by atoms with van der Waals surface area (Å²) in [6, 6.07) is 4.56. The van der Waals surface area contributed by atoms with Crippen molar-refractivity contribution in [2.45, 2.75) is 26.7 Å². The van der Waals surface area contributed by atoms with Gasteiger partial charge in [0.1, 0.15) is 17.4 Å². The summed E-state index contributed by atoms with van der Waals surface area (Å²) >= 11 is 0. The molecule has 0 unspecified atom stereocenters. The van der Waals surface area contributed by atoms with Gasteiger partial charge in [-0.3, -0.25) is 0 Å². The van der Waals surface area contributed by atoms with Crippen molar-refractivity contribution < 1.29 is 9.13 Å². The van der Waals surface area contributed by atoms with Crippen LogP contribution in [0.4, 0.5) is 4.39 Å². The van der Waals surface area contributed by atoms with Crippen molar-refractivity contribution in [2.75, 3.05) is 6.61 Å². The van der Waals surface area contributed by atoms with Gasteiger partial charge in [0, 0.05) is 11.6 Å². The Morgan fingerprint density at radius 1 is 1.39 bits per heavy atom. The number of rotatable bonds is 5. The van der Waals surface area contributed by atoms with Gasteiger partial charge in [-0.1, -0.05) is 13.3 Å². The molecule has 18 heavy (non-hydrogen) atoms. The molecule has 0 amide bonds. The van der Waals surface area contributed by atoms with Gasteiger partial charge in [-0.2, -0.15) is 0 Å². The molecular weight excluding hydrogens is 231 g/mol. The van der Waals surface area contributed by atoms with Gasteiger partial charge < -0.3 is 9.72 Å². The van der Waals surface area contributed by atoms with Crippen LogP contribution in [0.5, 0.6) is 5.75 Å². The van der Waals surface area contributed by atoms with Crippen molar-refractivity contribution in [3.05, 3.63) is 36.0 Å². The van der Waals surface area contributed by atoms with Crippen molar-refractivity contribution >= 4 is 0 Å². The predicted molar refractivity (Wildman–Crippen MR) is 69.1 cm³/mol. The smallest absolute Gasteiger partial charge is 0.131 e. The van der Waals surface area contributed by atoms with Crippen molar-refractivity contribution in [1.29, 1.82) is 0 Å². The minimum atomic E-state index is -0.290. The lowest BCUT2D eigenvalue weighted by Gasteiger charge is -2.10. The van der Waals surface area contributed by atoms with Gasteiger partial charge in [-0.15, -0.1) is 0 Å². The standard InChI is InChI=1S/C14H17FN2O/c1-3-4-7-18-14-8-11(15)5-6-12(14)13-9-16-10(2)17-13/h5-6,8-9H,3-4,7H2,1-2H3,(H,16,17). The second-order valence-electron chi connectivity index (χ2n) is 4.22. The maximum atomic E-state index is 13.3. The van der Waals surface area contributed by atoms with Crippen molar-refractivity contribution in [1.82, 2.24) is 9.97 Å². The van der Waals surface area contributed by atoms with Crippen LogP contribution in [0.25, 0.3) is 11.3 Å². The zero-order valence-corrected chi connectivity index (χ0v) is 10.7.